The van der Waals surface area contributed by atoms with Gasteiger partial charge in [0.25, 0.3) is 10.1 Å². The first-order valence-corrected chi connectivity index (χ1v) is 4.78. The number of carboxylic acids is 1. The summed E-state index contributed by atoms with van der Waals surface area (Å²) >= 11 is 0. The van der Waals surface area contributed by atoms with Crippen LogP contribution in [0.1, 0.15) is 6.92 Å². The Morgan fingerprint density at radius 1 is 1.43 bits per heavy atom. The first-order valence-electron chi connectivity index (χ1n) is 3.17. The van der Waals surface area contributed by atoms with Crippen molar-refractivity contribution in [3.63, 3.8) is 0 Å². The zero-order chi connectivity index (χ0) is 10.6. The molecule has 0 aromatic heterocycles. The van der Waals surface area contributed by atoms with Crippen LogP contribution in [0, 0.1) is 0 Å². The number of rotatable bonds is 4. The zero-order valence-electron chi connectivity index (χ0n) is 6.72. The molecule has 0 spiro atoms. The number of amides is 1. The van der Waals surface area contributed by atoms with Crippen LogP contribution in [0.4, 0.5) is 0 Å². The van der Waals surface area contributed by atoms with E-state index in [1.165, 1.54) is 0 Å². The summed E-state index contributed by atoms with van der Waals surface area (Å²) in [5, 5.41) is 10.3. The van der Waals surface area contributed by atoms with Crippen molar-refractivity contribution in [2.75, 3.05) is 5.75 Å². The van der Waals surface area contributed by atoms with E-state index < -0.39 is 33.8 Å². The van der Waals surface area contributed by atoms with Crippen LogP contribution < -0.4 is 5.32 Å². The van der Waals surface area contributed by atoms with E-state index in [1.54, 1.807) is 0 Å². The Morgan fingerprint density at radius 3 is 2.07 bits per heavy atom. The molecule has 9 heteroatoms. The molecule has 0 fully saturated rings. The Morgan fingerprint density at radius 2 is 1.86 bits per heavy atom. The second-order valence-corrected chi connectivity index (χ2v) is 3.84. The van der Waals surface area contributed by atoms with Gasteiger partial charge in [-0.25, -0.2) is 4.79 Å². The summed E-state index contributed by atoms with van der Waals surface area (Å²) in [6.07, 6.45) is 0. The fourth-order valence-electron chi connectivity index (χ4n) is 0.631. The van der Waals surface area contributed by atoms with E-state index in [2.05, 4.69) is 0 Å². The van der Waals surface area contributed by atoms with Crippen LogP contribution in [0.2, 0.25) is 0 Å². The van der Waals surface area contributed by atoms with Crippen molar-refractivity contribution in [1.82, 2.24) is 5.32 Å². The van der Waals surface area contributed by atoms with Gasteiger partial charge in [-0.3, -0.25) is 9.35 Å². The van der Waals surface area contributed by atoms with Crippen molar-refractivity contribution in [2.24, 2.45) is 0 Å². The van der Waals surface area contributed by atoms with Gasteiger partial charge in [-0.1, -0.05) is 0 Å². The summed E-state index contributed by atoms with van der Waals surface area (Å²) in [4.78, 5) is 20.7. The van der Waals surface area contributed by atoms with Crippen molar-refractivity contribution in [2.45, 2.75) is 13.0 Å². The van der Waals surface area contributed by atoms with Crippen LogP contribution in [-0.2, 0) is 19.7 Å². The van der Waals surface area contributed by atoms with Crippen LogP contribution in [0.3, 0.4) is 0 Å². The predicted octanol–water partition coefficient (Wildman–Crippen LogP) is -2.18. The first-order chi connectivity index (χ1) is 5.72. The monoisotopic (exact) mass is 235 g/mol. The number of hydrogen-bond donors (Lipinski definition) is 3. The number of carbonyl (C=O) groups is 2. The molecule has 0 aliphatic carbocycles. The molecule has 0 rings (SSSR count). The second-order valence-electron chi connectivity index (χ2n) is 2.34. The van der Waals surface area contributed by atoms with E-state index >= 15 is 0 Å². The fraction of sp³-hybridized carbons (Fsp3) is 0.600. The molecule has 0 saturated heterocycles. The standard InChI is InChI=1S/C5H9NO6S.Na.H/c1-3(7)6-4(5(8)9)2-13(10,11)12;;/h4H,2H2,1H3,(H,6,7)(H,8,9)(H,10,11,12);;/t4-;;/m1../s1. The Labute approximate surface area is 103 Å². The van der Waals surface area contributed by atoms with Gasteiger partial charge in [0.2, 0.25) is 5.91 Å². The predicted molar refractivity (Wildman–Crippen MR) is 48.8 cm³/mol. The van der Waals surface area contributed by atoms with E-state index in [4.69, 9.17) is 9.66 Å². The summed E-state index contributed by atoms with van der Waals surface area (Å²) in [5.74, 6) is -3.24. The number of hydrogen-bond acceptors (Lipinski definition) is 4. The molecule has 0 aromatic rings. The minimum absolute atomic E-state index is 0. The number of carbonyl (C=O) groups excluding carboxylic acids is 1. The summed E-state index contributed by atoms with van der Waals surface area (Å²) in [7, 11) is -4.41. The molecular formula is C5H10NNaO6S. The Balaban J connectivity index is 0. The third kappa shape index (κ3) is 8.45. The van der Waals surface area contributed by atoms with Crippen molar-refractivity contribution < 1.29 is 27.7 Å². The maximum atomic E-state index is 10.4. The molecule has 1 amide bonds. The molecule has 0 aliphatic rings. The average Bonchev–Trinajstić information content (AvgIpc) is 1.81. The zero-order valence-corrected chi connectivity index (χ0v) is 7.54. The molecule has 0 aromatic carbocycles. The molecule has 1 atom stereocenters. The third-order valence-electron chi connectivity index (χ3n) is 1.05. The quantitative estimate of drug-likeness (QED) is 0.376. The van der Waals surface area contributed by atoms with Gasteiger partial charge in [0.1, 0.15) is 11.8 Å². The van der Waals surface area contributed by atoms with Gasteiger partial charge in [0.05, 0.1) is 0 Å². The first kappa shape index (κ1) is 16.3. The Hall–Kier alpha value is -0.150. The van der Waals surface area contributed by atoms with Crippen LogP contribution in [-0.4, -0.2) is 71.3 Å². The van der Waals surface area contributed by atoms with Crippen molar-refractivity contribution in [3.8, 4) is 0 Å². The molecule has 0 unspecified atom stereocenters. The number of carboxylic acid groups (broad SMARTS) is 1. The molecular weight excluding hydrogens is 225 g/mol. The molecule has 14 heavy (non-hydrogen) atoms. The van der Waals surface area contributed by atoms with Gasteiger partial charge in [-0.2, -0.15) is 8.42 Å². The van der Waals surface area contributed by atoms with E-state index in [1.807, 2.05) is 5.32 Å². The molecule has 3 N–H and O–H groups in total. The van der Waals surface area contributed by atoms with Gasteiger partial charge in [-0.15, -0.1) is 0 Å². The topological polar surface area (TPSA) is 121 Å². The van der Waals surface area contributed by atoms with Gasteiger partial charge in [0, 0.05) is 6.92 Å². The van der Waals surface area contributed by atoms with Crippen molar-refractivity contribution in [3.05, 3.63) is 0 Å². The minimum atomic E-state index is -4.41. The van der Waals surface area contributed by atoms with Gasteiger partial charge >= 0.3 is 35.5 Å². The normalized spacial score (nSPS) is 12.4. The maximum absolute atomic E-state index is 10.4. The SMILES string of the molecule is CC(=O)N[C@H](CS(=O)(=O)O)C(=O)O.[NaH]. The molecule has 0 saturated carbocycles. The molecule has 0 heterocycles. The van der Waals surface area contributed by atoms with E-state index in [0.29, 0.717) is 0 Å². The summed E-state index contributed by atoms with van der Waals surface area (Å²) in [6.45, 7) is 1.04. The van der Waals surface area contributed by atoms with Crippen LogP contribution in [0.15, 0.2) is 0 Å². The molecule has 0 radical (unpaired) electrons. The van der Waals surface area contributed by atoms with Crippen LogP contribution in [0.5, 0.6) is 0 Å². The fourth-order valence-corrected chi connectivity index (χ4v) is 1.28. The second kappa shape index (κ2) is 6.36. The molecule has 78 valence electrons. The Bertz CT molecular complexity index is 312. The summed E-state index contributed by atoms with van der Waals surface area (Å²) in [5.41, 5.74) is 0. The average molecular weight is 235 g/mol. The van der Waals surface area contributed by atoms with Crippen LogP contribution >= 0.6 is 0 Å². The van der Waals surface area contributed by atoms with Crippen LogP contribution in [0.25, 0.3) is 0 Å². The summed E-state index contributed by atoms with van der Waals surface area (Å²) in [6, 6.07) is -1.62. The molecule has 0 bridgehead atoms. The van der Waals surface area contributed by atoms with Gasteiger partial charge < -0.3 is 10.4 Å². The molecule has 7 nitrogen and oxygen atoms in total. The van der Waals surface area contributed by atoms with Crippen molar-refractivity contribution >= 4 is 51.6 Å². The van der Waals surface area contributed by atoms with E-state index in [0.717, 1.165) is 6.92 Å². The van der Waals surface area contributed by atoms with Gasteiger partial charge in [0.15, 0.2) is 0 Å². The number of nitrogens with one attached hydrogen (secondary N) is 1. The third-order valence-corrected chi connectivity index (χ3v) is 1.81. The van der Waals surface area contributed by atoms with E-state index in [-0.39, 0.29) is 29.6 Å². The summed E-state index contributed by atoms with van der Waals surface area (Å²) < 4.78 is 28.8. The van der Waals surface area contributed by atoms with Crippen molar-refractivity contribution in [1.29, 1.82) is 0 Å². The Kier molecular flexibility index (Phi) is 7.39. The van der Waals surface area contributed by atoms with Gasteiger partial charge in [-0.05, 0) is 0 Å². The molecule has 0 aliphatic heterocycles. The number of aliphatic carboxylic acids is 1. The van der Waals surface area contributed by atoms with E-state index in [9.17, 15) is 18.0 Å².